The van der Waals surface area contributed by atoms with Crippen LogP contribution < -0.4 is 5.32 Å². The number of hydrogen-bond donors (Lipinski definition) is 1. The third-order valence-electron chi connectivity index (χ3n) is 4.35. The Labute approximate surface area is 117 Å². The minimum Gasteiger partial charge on any atom is -0.310 e. The molecule has 2 saturated heterocycles. The van der Waals surface area contributed by atoms with Crippen LogP contribution in [0.1, 0.15) is 45.4 Å². The second-order valence-electron chi connectivity index (χ2n) is 6.09. The van der Waals surface area contributed by atoms with E-state index in [1.54, 1.807) is 0 Å². The van der Waals surface area contributed by atoms with Crippen LogP contribution in [0.5, 0.6) is 0 Å². The summed E-state index contributed by atoms with van der Waals surface area (Å²) in [7, 11) is -2.78. The minimum atomic E-state index is -2.78. The highest BCUT2D eigenvalue weighted by molar-refractivity contribution is 7.91. The van der Waals surface area contributed by atoms with E-state index in [0.717, 1.165) is 25.9 Å². The smallest absolute Gasteiger partial charge is 0.151 e. The highest BCUT2D eigenvalue weighted by atomic mass is 32.2. The van der Waals surface area contributed by atoms with Crippen LogP contribution in [0.4, 0.5) is 0 Å². The lowest BCUT2D eigenvalue weighted by atomic mass is 10.0. The second kappa shape index (κ2) is 7.04. The molecule has 0 saturated carbocycles. The zero-order valence-electron chi connectivity index (χ0n) is 12.1. The molecule has 4 nitrogen and oxygen atoms in total. The maximum absolute atomic E-state index is 11.6. The normalized spacial score (nSPS) is 29.4. The van der Waals surface area contributed by atoms with Gasteiger partial charge in [-0.15, -0.1) is 0 Å². The molecule has 2 fully saturated rings. The number of nitrogens with zero attached hydrogens (tertiary/aromatic N) is 1. The maximum Gasteiger partial charge on any atom is 0.151 e. The Balaban J connectivity index is 1.70. The Kier molecular flexibility index (Phi) is 5.66. The molecule has 0 spiro atoms. The first kappa shape index (κ1) is 15.3. The predicted molar refractivity (Wildman–Crippen MR) is 79.2 cm³/mol. The lowest BCUT2D eigenvalue weighted by molar-refractivity contribution is 0.188. The molecule has 2 rings (SSSR count). The quantitative estimate of drug-likeness (QED) is 0.831. The molecule has 19 heavy (non-hydrogen) atoms. The molecule has 0 aromatic rings. The number of sulfone groups is 1. The van der Waals surface area contributed by atoms with Crippen LogP contribution in [-0.4, -0.2) is 56.5 Å². The van der Waals surface area contributed by atoms with Crippen molar-refractivity contribution in [2.24, 2.45) is 0 Å². The summed E-state index contributed by atoms with van der Waals surface area (Å²) in [5.74, 6) is 0.740. The highest BCUT2D eigenvalue weighted by Gasteiger charge is 2.27. The first-order valence-electron chi connectivity index (χ1n) is 7.78. The van der Waals surface area contributed by atoms with E-state index in [-0.39, 0.29) is 6.04 Å². The van der Waals surface area contributed by atoms with Crippen molar-refractivity contribution in [1.29, 1.82) is 0 Å². The first-order valence-corrected chi connectivity index (χ1v) is 9.60. The van der Waals surface area contributed by atoms with Crippen molar-refractivity contribution < 1.29 is 8.42 Å². The molecule has 1 unspecified atom stereocenters. The van der Waals surface area contributed by atoms with Gasteiger partial charge in [-0.2, -0.15) is 0 Å². The second-order valence-corrected chi connectivity index (χ2v) is 8.32. The number of rotatable bonds is 5. The van der Waals surface area contributed by atoms with Gasteiger partial charge in [-0.05, 0) is 51.7 Å². The highest BCUT2D eigenvalue weighted by Crippen LogP contribution is 2.16. The summed E-state index contributed by atoms with van der Waals surface area (Å²) in [6.07, 6.45) is 6.74. The van der Waals surface area contributed by atoms with Crippen molar-refractivity contribution in [2.75, 3.05) is 31.1 Å². The fourth-order valence-electron chi connectivity index (χ4n) is 3.19. The van der Waals surface area contributed by atoms with Gasteiger partial charge in [0.2, 0.25) is 0 Å². The van der Waals surface area contributed by atoms with Crippen LogP contribution >= 0.6 is 0 Å². The van der Waals surface area contributed by atoms with Crippen molar-refractivity contribution in [3.05, 3.63) is 0 Å². The fourth-order valence-corrected chi connectivity index (χ4v) is 4.84. The summed E-state index contributed by atoms with van der Waals surface area (Å²) in [5.41, 5.74) is 0. The molecule has 0 aromatic carbocycles. The van der Waals surface area contributed by atoms with Gasteiger partial charge < -0.3 is 10.2 Å². The SMILES string of the molecule is CCCCN1CCC(NC2CCCS(=O)(=O)C2)CC1. The van der Waals surface area contributed by atoms with Gasteiger partial charge in [0.05, 0.1) is 11.5 Å². The Morgan fingerprint density at radius 1 is 1.16 bits per heavy atom. The molecule has 0 aromatic heterocycles. The largest absolute Gasteiger partial charge is 0.310 e. The zero-order valence-corrected chi connectivity index (χ0v) is 12.9. The van der Waals surface area contributed by atoms with Gasteiger partial charge in [0.15, 0.2) is 9.84 Å². The molecule has 1 atom stereocenters. The zero-order chi connectivity index (χ0) is 13.7. The maximum atomic E-state index is 11.6. The van der Waals surface area contributed by atoms with Gasteiger partial charge in [-0.25, -0.2) is 8.42 Å². The summed E-state index contributed by atoms with van der Waals surface area (Å²) < 4.78 is 23.2. The summed E-state index contributed by atoms with van der Waals surface area (Å²) in [6, 6.07) is 0.724. The van der Waals surface area contributed by atoms with Crippen LogP contribution in [-0.2, 0) is 9.84 Å². The summed E-state index contributed by atoms with van der Waals surface area (Å²) in [5, 5.41) is 3.58. The minimum absolute atomic E-state index is 0.200. The number of nitrogens with one attached hydrogen (secondary N) is 1. The molecule has 0 amide bonds. The topological polar surface area (TPSA) is 49.4 Å². The molecule has 5 heteroatoms. The van der Waals surface area contributed by atoms with Gasteiger partial charge in [0.1, 0.15) is 0 Å². The van der Waals surface area contributed by atoms with Crippen LogP contribution in [0, 0.1) is 0 Å². The van der Waals surface area contributed by atoms with E-state index in [1.165, 1.54) is 32.2 Å². The molecular weight excluding hydrogens is 260 g/mol. The standard InChI is InChI=1S/C14H28N2O2S/c1-2-3-8-16-9-6-13(7-10-16)15-14-5-4-11-19(17,18)12-14/h13-15H,2-12H2,1H3. The van der Waals surface area contributed by atoms with Crippen molar-refractivity contribution in [2.45, 2.75) is 57.5 Å². The number of piperidine rings is 1. The van der Waals surface area contributed by atoms with E-state index in [0.29, 0.717) is 17.5 Å². The van der Waals surface area contributed by atoms with Crippen molar-refractivity contribution in [3.63, 3.8) is 0 Å². The van der Waals surface area contributed by atoms with Crippen LogP contribution in [0.25, 0.3) is 0 Å². The van der Waals surface area contributed by atoms with E-state index in [1.807, 2.05) is 0 Å². The van der Waals surface area contributed by atoms with E-state index in [9.17, 15) is 8.42 Å². The van der Waals surface area contributed by atoms with Gasteiger partial charge >= 0.3 is 0 Å². The Bertz CT molecular complexity index is 362. The monoisotopic (exact) mass is 288 g/mol. The molecule has 1 N–H and O–H groups in total. The van der Waals surface area contributed by atoms with E-state index < -0.39 is 9.84 Å². The summed E-state index contributed by atoms with van der Waals surface area (Å²) >= 11 is 0. The van der Waals surface area contributed by atoms with Gasteiger partial charge in [0.25, 0.3) is 0 Å². The van der Waals surface area contributed by atoms with Crippen LogP contribution in [0.3, 0.4) is 0 Å². The average molecular weight is 288 g/mol. The summed E-state index contributed by atoms with van der Waals surface area (Å²) in [6.45, 7) is 5.78. The van der Waals surface area contributed by atoms with Crippen molar-refractivity contribution in [1.82, 2.24) is 10.2 Å². The van der Waals surface area contributed by atoms with Gasteiger partial charge in [-0.1, -0.05) is 13.3 Å². The lowest BCUT2D eigenvalue weighted by Gasteiger charge is -2.35. The first-order chi connectivity index (χ1) is 9.09. The molecule has 112 valence electrons. The average Bonchev–Trinajstić information content (AvgIpc) is 2.37. The Hall–Kier alpha value is -0.130. The van der Waals surface area contributed by atoms with Crippen molar-refractivity contribution in [3.8, 4) is 0 Å². The van der Waals surface area contributed by atoms with Gasteiger partial charge in [-0.3, -0.25) is 0 Å². The Morgan fingerprint density at radius 2 is 1.89 bits per heavy atom. The van der Waals surface area contributed by atoms with Crippen LogP contribution in [0.2, 0.25) is 0 Å². The van der Waals surface area contributed by atoms with Crippen LogP contribution in [0.15, 0.2) is 0 Å². The van der Waals surface area contributed by atoms with E-state index >= 15 is 0 Å². The van der Waals surface area contributed by atoms with Crippen molar-refractivity contribution >= 4 is 9.84 Å². The number of likely N-dealkylation sites (tertiary alicyclic amines) is 1. The summed E-state index contributed by atoms with van der Waals surface area (Å²) in [4.78, 5) is 2.54. The molecule has 0 radical (unpaired) electrons. The lowest BCUT2D eigenvalue weighted by Crippen LogP contribution is -2.49. The number of unbranched alkanes of at least 4 members (excludes halogenated alkanes) is 1. The molecule has 0 aliphatic carbocycles. The van der Waals surface area contributed by atoms with E-state index in [4.69, 9.17) is 0 Å². The molecule has 2 heterocycles. The third kappa shape index (κ3) is 5.04. The Morgan fingerprint density at radius 3 is 2.53 bits per heavy atom. The van der Waals surface area contributed by atoms with Gasteiger partial charge in [0, 0.05) is 12.1 Å². The number of hydrogen-bond acceptors (Lipinski definition) is 4. The molecular formula is C14H28N2O2S. The fraction of sp³-hybridized carbons (Fsp3) is 1.00. The molecule has 2 aliphatic heterocycles. The molecule has 2 aliphatic rings. The third-order valence-corrected chi connectivity index (χ3v) is 6.17. The molecule has 0 bridgehead atoms. The predicted octanol–water partition coefficient (Wildman–Crippen LogP) is 1.42. The van der Waals surface area contributed by atoms with E-state index in [2.05, 4.69) is 17.1 Å².